The molecule has 0 aromatic carbocycles. The predicted molar refractivity (Wildman–Crippen MR) is 73.4 cm³/mol. The Kier molecular flexibility index (Phi) is 5.00. The van der Waals surface area contributed by atoms with Gasteiger partial charge in [-0.25, -0.2) is 0 Å². The zero-order valence-corrected chi connectivity index (χ0v) is 11.9. The third-order valence-electron chi connectivity index (χ3n) is 4.11. The minimum atomic E-state index is 0.124. The summed E-state index contributed by atoms with van der Waals surface area (Å²) in [6, 6.07) is 1.85. The summed E-state index contributed by atoms with van der Waals surface area (Å²) in [4.78, 5) is 11.9. The van der Waals surface area contributed by atoms with Crippen molar-refractivity contribution >= 4 is 5.91 Å². The Morgan fingerprint density at radius 1 is 1.47 bits per heavy atom. The van der Waals surface area contributed by atoms with Crippen LogP contribution in [0.2, 0.25) is 0 Å². The summed E-state index contributed by atoms with van der Waals surface area (Å²) in [7, 11) is 0. The molecule has 1 amide bonds. The SMILES string of the molecule is Cc1cc(CNC(=O)CC(C)C2CCCCC2)no1. The molecule has 2 rings (SSSR count). The molecule has 0 saturated heterocycles. The molecule has 1 atom stereocenters. The maximum Gasteiger partial charge on any atom is 0.220 e. The smallest absolute Gasteiger partial charge is 0.220 e. The molecule has 1 aromatic rings. The summed E-state index contributed by atoms with van der Waals surface area (Å²) in [5, 5.41) is 6.79. The van der Waals surface area contributed by atoms with E-state index in [-0.39, 0.29) is 5.91 Å². The number of amides is 1. The van der Waals surface area contributed by atoms with Crippen LogP contribution < -0.4 is 5.32 Å². The molecule has 0 spiro atoms. The van der Waals surface area contributed by atoms with Gasteiger partial charge in [0.25, 0.3) is 0 Å². The quantitative estimate of drug-likeness (QED) is 0.888. The van der Waals surface area contributed by atoms with Crippen LogP contribution in [0.3, 0.4) is 0 Å². The highest BCUT2D eigenvalue weighted by Crippen LogP contribution is 2.31. The van der Waals surface area contributed by atoms with Crippen LogP contribution in [0.15, 0.2) is 10.6 Å². The van der Waals surface area contributed by atoms with Gasteiger partial charge in [-0.1, -0.05) is 44.2 Å². The monoisotopic (exact) mass is 264 g/mol. The summed E-state index contributed by atoms with van der Waals surface area (Å²) in [5.41, 5.74) is 0.788. The molecule has 1 aromatic heterocycles. The first-order valence-electron chi connectivity index (χ1n) is 7.34. The number of carbonyl (C=O) groups excluding carboxylic acids is 1. The van der Waals surface area contributed by atoms with E-state index in [0.29, 0.717) is 18.9 Å². The number of hydrogen-bond acceptors (Lipinski definition) is 3. The van der Waals surface area contributed by atoms with Crippen molar-refractivity contribution in [2.45, 2.75) is 58.9 Å². The molecule has 0 aliphatic heterocycles. The van der Waals surface area contributed by atoms with E-state index < -0.39 is 0 Å². The van der Waals surface area contributed by atoms with E-state index in [4.69, 9.17) is 4.52 Å². The zero-order chi connectivity index (χ0) is 13.7. The second-order valence-electron chi connectivity index (χ2n) is 5.79. The fraction of sp³-hybridized carbons (Fsp3) is 0.733. The number of nitrogens with zero attached hydrogens (tertiary/aromatic N) is 1. The zero-order valence-electron chi connectivity index (χ0n) is 11.9. The van der Waals surface area contributed by atoms with E-state index in [1.54, 1.807) is 0 Å². The lowest BCUT2D eigenvalue weighted by molar-refractivity contribution is -0.122. The molecule has 1 unspecified atom stereocenters. The van der Waals surface area contributed by atoms with Crippen molar-refractivity contribution in [1.29, 1.82) is 0 Å². The van der Waals surface area contributed by atoms with Gasteiger partial charge in [0.15, 0.2) is 0 Å². The maximum absolute atomic E-state index is 11.9. The van der Waals surface area contributed by atoms with Crippen LogP contribution in [0.25, 0.3) is 0 Å². The van der Waals surface area contributed by atoms with E-state index in [0.717, 1.165) is 17.4 Å². The number of carbonyl (C=O) groups is 1. The average Bonchev–Trinajstić information content (AvgIpc) is 2.83. The van der Waals surface area contributed by atoms with E-state index in [9.17, 15) is 4.79 Å². The molecule has 106 valence electrons. The molecule has 1 fully saturated rings. The molecule has 4 heteroatoms. The normalized spacial score (nSPS) is 18.2. The molecular formula is C15H24N2O2. The molecule has 1 saturated carbocycles. The predicted octanol–water partition coefficient (Wildman–Crippen LogP) is 3.21. The van der Waals surface area contributed by atoms with Gasteiger partial charge in [-0.3, -0.25) is 4.79 Å². The Hall–Kier alpha value is -1.32. The molecule has 19 heavy (non-hydrogen) atoms. The third kappa shape index (κ3) is 4.37. The highest BCUT2D eigenvalue weighted by molar-refractivity contribution is 5.76. The first-order chi connectivity index (χ1) is 9.15. The molecule has 1 aliphatic carbocycles. The topological polar surface area (TPSA) is 55.1 Å². The number of rotatable bonds is 5. The lowest BCUT2D eigenvalue weighted by Gasteiger charge is -2.27. The fourth-order valence-corrected chi connectivity index (χ4v) is 2.92. The molecule has 1 heterocycles. The van der Waals surface area contributed by atoms with Gasteiger partial charge in [0.05, 0.1) is 6.54 Å². The van der Waals surface area contributed by atoms with E-state index >= 15 is 0 Å². The largest absolute Gasteiger partial charge is 0.361 e. The highest BCUT2D eigenvalue weighted by atomic mass is 16.5. The van der Waals surface area contributed by atoms with Gasteiger partial charge < -0.3 is 9.84 Å². The Morgan fingerprint density at radius 2 is 2.21 bits per heavy atom. The minimum absolute atomic E-state index is 0.124. The molecule has 1 aliphatic rings. The van der Waals surface area contributed by atoms with Crippen LogP contribution in [0, 0.1) is 18.8 Å². The van der Waals surface area contributed by atoms with Crippen molar-refractivity contribution in [3.63, 3.8) is 0 Å². The van der Waals surface area contributed by atoms with Crippen LogP contribution in [-0.4, -0.2) is 11.1 Å². The van der Waals surface area contributed by atoms with Crippen molar-refractivity contribution in [1.82, 2.24) is 10.5 Å². The molecular weight excluding hydrogens is 240 g/mol. The van der Waals surface area contributed by atoms with Crippen LogP contribution in [0.4, 0.5) is 0 Å². The van der Waals surface area contributed by atoms with Gasteiger partial charge in [-0.2, -0.15) is 0 Å². The van der Waals surface area contributed by atoms with E-state index in [1.807, 2.05) is 13.0 Å². The number of aromatic nitrogens is 1. The number of aryl methyl sites for hydroxylation is 1. The Bertz CT molecular complexity index is 408. The summed E-state index contributed by atoms with van der Waals surface area (Å²) in [5.74, 6) is 2.12. The van der Waals surface area contributed by atoms with Gasteiger partial charge in [-0.15, -0.1) is 0 Å². The standard InChI is InChI=1S/C15H24N2O2/c1-11(13-6-4-3-5-7-13)8-15(18)16-10-14-9-12(2)19-17-14/h9,11,13H,3-8,10H2,1-2H3,(H,16,18). The summed E-state index contributed by atoms with van der Waals surface area (Å²) < 4.78 is 4.97. The molecule has 0 radical (unpaired) electrons. The summed E-state index contributed by atoms with van der Waals surface area (Å²) >= 11 is 0. The summed E-state index contributed by atoms with van der Waals surface area (Å²) in [6.07, 6.45) is 7.22. The van der Waals surface area contributed by atoms with Gasteiger partial charge in [0.1, 0.15) is 11.5 Å². The maximum atomic E-state index is 11.9. The van der Waals surface area contributed by atoms with Gasteiger partial charge in [-0.05, 0) is 18.8 Å². The van der Waals surface area contributed by atoms with Crippen LogP contribution >= 0.6 is 0 Å². The fourth-order valence-electron chi connectivity index (χ4n) is 2.92. The molecule has 4 nitrogen and oxygen atoms in total. The van der Waals surface area contributed by atoms with Gasteiger partial charge in [0, 0.05) is 12.5 Å². The minimum Gasteiger partial charge on any atom is -0.361 e. The van der Waals surface area contributed by atoms with Crippen molar-refractivity contribution in [3.05, 3.63) is 17.5 Å². The van der Waals surface area contributed by atoms with Crippen molar-refractivity contribution in [3.8, 4) is 0 Å². The van der Waals surface area contributed by atoms with Crippen molar-refractivity contribution < 1.29 is 9.32 Å². The van der Waals surface area contributed by atoms with Crippen LogP contribution in [-0.2, 0) is 11.3 Å². The second-order valence-corrected chi connectivity index (χ2v) is 5.79. The average molecular weight is 264 g/mol. The highest BCUT2D eigenvalue weighted by Gasteiger charge is 2.22. The van der Waals surface area contributed by atoms with Crippen LogP contribution in [0.5, 0.6) is 0 Å². The molecule has 0 bridgehead atoms. The third-order valence-corrected chi connectivity index (χ3v) is 4.11. The number of nitrogens with one attached hydrogen (secondary N) is 1. The lowest BCUT2D eigenvalue weighted by atomic mass is 9.79. The van der Waals surface area contributed by atoms with E-state index in [1.165, 1.54) is 32.1 Å². The van der Waals surface area contributed by atoms with Crippen LogP contribution in [0.1, 0.15) is 56.9 Å². The first-order valence-corrected chi connectivity index (χ1v) is 7.34. The first kappa shape index (κ1) is 14.1. The summed E-state index contributed by atoms with van der Waals surface area (Å²) in [6.45, 7) is 4.52. The molecule has 1 N–H and O–H groups in total. The van der Waals surface area contributed by atoms with Gasteiger partial charge >= 0.3 is 0 Å². The second kappa shape index (κ2) is 6.73. The Labute approximate surface area is 114 Å². The number of hydrogen-bond donors (Lipinski definition) is 1. The van der Waals surface area contributed by atoms with Crippen molar-refractivity contribution in [2.75, 3.05) is 0 Å². The lowest BCUT2D eigenvalue weighted by Crippen LogP contribution is -2.27. The van der Waals surface area contributed by atoms with E-state index in [2.05, 4.69) is 17.4 Å². The van der Waals surface area contributed by atoms with Gasteiger partial charge in [0.2, 0.25) is 5.91 Å². The Balaban J connectivity index is 1.71. The van der Waals surface area contributed by atoms with Crippen molar-refractivity contribution in [2.24, 2.45) is 11.8 Å². The Morgan fingerprint density at radius 3 is 2.84 bits per heavy atom.